The number of hydrogen-bond donors (Lipinski definition) is 2. The maximum absolute atomic E-state index is 11.1. The molecule has 1 amide bonds. The molecule has 82 valence electrons. The molecule has 4 unspecified atom stereocenters. The van der Waals surface area contributed by atoms with Gasteiger partial charge in [-0.1, -0.05) is 20.8 Å². The standard InChI is InChI=1S/C11H22N2O/c1-4-9(11(12)14)13-10-6-5-7(2)8(10)3/h7-10,13H,4-6H2,1-3H3,(H2,12,14). The summed E-state index contributed by atoms with van der Waals surface area (Å²) in [5.74, 6) is 1.19. The maximum atomic E-state index is 11.1. The number of carbonyl (C=O) groups is 1. The Balaban J connectivity index is 2.47. The first-order chi connectivity index (χ1) is 6.56. The second-order valence-corrected chi connectivity index (χ2v) is 4.55. The second kappa shape index (κ2) is 4.78. The van der Waals surface area contributed by atoms with Gasteiger partial charge in [-0.15, -0.1) is 0 Å². The Labute approximate surface area is 86.4 Å². The van der Waals surface area contributed by atoms with Crippen molar-refractivity contribution in [3.05, 3.63) is 0 Å². The van der Waals surface area contributed by atoms with Crippen LogP contribution in [-0.2, 0) is 4.79 Å². The summed E-state index contributed by atoms with van der Waals surface area (Å²) in [4.78, 5) is 11.1. The van der Waals surface area contributed by atoms with Gasteiger partial charge in [-0.25, -0.2) is 0 Å². The Morgan fingerprint density at radius 1 is 1.50 bits per heavy atom. The number of hydrogen-bond acceptors (Lipinski definition) is 2. The lowest BCUT2D eigenvalue weighted by atomic mass is 9.97. The summed E-state index contributed by atoms with van der Waals surface area (Å²) < 4.78 is 0. The molecule has 0 saturated heterocycles. The molecule has 0 radical (unpaired) electrons. The summed E-state index contributed by atoms with van der Waals surface area (Å²) in [6.07, 6.45) is 3.22. The number of primary amides is 1. The van der Waals surface area contributed by atoms with Gasteiger partial charge in [0.25, 0.3) is 0 Å². The van der Waals surface area contributed by atoms with Crippen molar-refractivity contribution in [2.45, 2.75) is 52.1 Å². The van der Waals surface area contributed by atoms with E-state index in [4.69, 9.17) is 5.73 Å². The largest absolute Gasteiger partial charge is 0.368 e. The Hall–Kier alpha value is -0.570. The van der Waals surface area contributed by atoms with E-state index >= 15 is 0 Å². The molecule has 3 heteroatoms. The average molecular weight is 198 g/mol. The fourth-order valence-electron chi connectivity index (χ4n) is 2.26. The Morgan fingerprint density at radius 2 is 2.14 bits per heavy atom. The van der Waals surface area contributed by atoms with Crippen LogP contribution in [0, 0.1) is 11.8 Å². The lowest BCUT2D eigenvalue weighted by Crippen LogP contribution is -2.47. The molecule has 1 aliphatic carbocycles. The maximum Gasteiger partial charge on any atom is 0.234 e. The lowest BCUT2D eigenvalue weighted by Gasteiger charge is -2.23. The molecule has 0 heterocycles. The minimum atomic E-state index is -0.223. The van der Waals surface area contributed by atoms with Gasteiger partial charge in [-0.2, -0.15) is 0 Å². The quantitative estimate of drug-likeness (QED) is 0.715. The van der Waals surface area contributed by atoms with Crippen LogP contribution in [0.2, 0.25) is 0 Å². The van der Waals surface area contributed by atoms with Gasteiger partial charge in [0.2, 0.25) is 5.91 Å². The monoisotopic (exact) mass is 198 g/mol. The van der Waals surface area contributed by atoms with E-state index in [1.165, 1.54) is 12.8 Å². The molecule has 0 aliphatic heterocycles. The molecule has 0 spiro atoms. The van der Waals surface area contributed by atoms with E-state index in [0.717, 1.165) is 12.3 Å². The van der Waals surface area contributed by atoms with E-state index in [-0.39, 0.29) is 11.9 Å². The molecule has 1 aliphatic rings. The lowest BCUT2D eigenvalue weighted by molar-refractivity contribution is -0.120. The topological polar surface area (TPSA) is 55.1 Å². The van der Waals surface area contributed by atoms with E-state index in [1.54, 1.807) is 0 Å². The van der Waals surface area contributed by atoms with Crippen LogP contribution in [0.15, 0.2) is 0 Å². The fourth-order valence-corrected chi connectivity index (χ4v) is 2.26. The van der Waals surface area contributed by atoms with E-state index in [1.807, 2.05) is 6.92 Å². The smallest absolute Gasteiger partial charge is 0.234 e. The van der Waals surface area contributed by atoms with Gasteiger partial charge in [0.15, 0.2) is 0 Å². The number of rotatable bonds is 4. The van der Waals surface area contributed by atoms with Gasteiger partial charge in [-0.3, -0.25) is 4.79 Å². The summed E-state index contributed by atoms with van der Waals surface area (Å²) in [7, 11) is 0. The van der Waals surface area contributed by atoms with Crippen LogP contribution in [0.5, 0.6) is 0 Å². The van der Waals surface area contributed by atoms with Crippen LogP contribution < -0.4 is 11.1 Å². The van der Waals surface area contributed by atoms with Crippen molar-refractivity contribution in [2.24, 2.45) is 17.6 Å². The first-order valence-electron chi connectivity index (χ1n) is 5.61. The van der Waals surface area contributed by atoms with Crippen LogP contribution in [0.3, 0.4) is 0 Å². The molecule has 0 aromatic carbocycles. The molecule has 3 N–H and O–H groups in total. The third-order valence-corrected chi connectivity index (χ3v) is 3.63. The third kappa shape index (κ3) is 2.47. The van der Waals surface area contributed by atoms with Gasteiger partial charge < -0.3 is 11.1 Å². The predicted octanol–water partition coefficient (Wildman–Crippen LogP) is 1.27. The second-order valence-electron chi connectivity index (χ2n) is 4.55. The Morgan fingerprint density at radius 3 is 2.50 bits per heavy atom. The fraction of sp³-hybridized carbons (Fsp3) is 0.909. The van der Waals surface area contributed by atoms with Crippen LogP contribution in [0.4, 0.5) is 0 Å². The third-order valence-electron chi connectivity index (χ3n) is 3.63. The van der Waals surface area contributed by atoms with Crippen molar-refractivity contribution in [3.8, 4) is 0 Å². The molecule has 0 aromatic rings. The molecule has 0 aromatic heterocycles. The van der Waals surface area contributed by atoms with Gasteiger partial charge in [-0.05, 0) is 31.1 Å². The van der Waals surface area contributed by atoms with Crippen molar-refractivity contribution >= 4 is 5.91 Å². The van der Waals surface area contributed by atoms with E-state index < -0.39 is 0 Å². The highest BCUT2D eigenvalue weighted by atomic mass is 16.1. The highest BCUT2D eigenvalue weighted by Crippen LogP contribution is 2.31. The number of nitrogens with one attached hydrogen (secondary N) is 1. The SMILES string of the molecule is CCC(NC1CCC(C)C1C)C(N)=O. The highest BCUT2D eigenvalue weighted by molar-refractivity contribution is 5.79. The van der Waals surface area contributed by atoms with E-state index in [9.17, 15) is 4.79 Å². The summed E-state index contributed by atoms with van der Waals surface area (Å²) >= 11 is 0. The normalized spacial score (nSPS) is 34.4. The molecule has 1 saturated carbocycles. The van der Waals surface area contributed by atoms with Gasteiger partial charge in [0.05, 0.1) is 6.04 Å². The molecule has 4 atom stereocenters. The number of nitrogens with two attached hydrogens (primary N) is 1. The van der Waals surface area contributed by atoms with Crippen molar-refractivity contribution in [1.82, 2.24) is 5.32 Å². The van der Waals surface area contributed by atoms with Crippen LogP contribution in [-0.4, -0.2) is 18.0 Å². The van der Waals surface area contributed by atoms with Gasteiger partial charge in [0, 0.05) is 6.04 Å². The first kappa shape index (κ1) is 11.5. The Kier molecular flexibility index (Phi) is 3.93. The Bertz CT molecular complexity index is 205. The average Bonchev–Trinajstić information content (AvgIpc) is 2.44. The zero-order chi connectivity index (χ0) is 10.7. The summed E-state index contributed by atoms with van der Waals surface area (Å²) in [6.45, 7) is 6.52. The summed E-state index contributed by atoms with van der Waals surface area (Å²) in [5, 5.41) is 3.37. The van der Waals surface area contributed by atoms with Gasteiger partial charge >= 0.3 is 0 Å². The first-order valence-corrected chi connectivity index (χ1v) is 5.61. The van der Waals surface area contributed by atoms with Crippen molar-refractivity contribution in [3.63, 3.8) is 0 Å². The van der Waals surface area contributed by atoms with Crippen molar-refractivity contribution in [1.29, 1.82) is 0 Å². The van der Waals surface area contributed by atoms with Gasteiger partial charge in [0.1, 0.15) is 0 Å². The molecular weight excluding hydrogens is 176 g/mol. The molecule has 1 fully saturated rings. The zero-order valence-corrected chi connectivity index (χ0v) is 9.42. The summed E-state index contributed by atoms with van der Waals surface area (Å²) in [5.41, 5.74) is 5.30. The van der Waals surface area contributed by atoms with E-state index in [2.05, 4.69) is 19.2 Å². The molecular formula is C11H22N2O. The van der Waals surface area contributed by atoms with Crippen LogP contribution in [0.25, 0.3) is 0 Å². The molecule has 3 nitrogen and oxygen atoms in total. The molecule has 1 rings (SSSR count). The number of amides is 1. The molecule has 0 bridgehead atoms. The van der Waals surface area contributed by atoms with Crippen LogP contribution in [0.1, 0.15) is 40.0 Å². The molecule has 14 heavy (non-hydrogen) atoms. The zero-order valence-electron chi connectivity index (χ0n) is 9.42. The van der Waals surface area contributed by atoms with E-state index in [0.29, 0.717) is 12.0 Å². The minimum Gasteiger partial charge on any atom is -0.368 e. The predicted molar refractivity (Wildman–Crippen MR) is 57.8 cm³/mol. The van der Waals surface area contributed by atoms with Crippen molar-refractivity contribution in [2.75, 3.05) is 0 Å². The number of carbonyl (C=O) groups excluding carboxylic acids is 1. The highest BCUT2D eigenvalue weighted by Gasteiger charge is 2.31. The summed E-state index contributed by atoms with van der Waals surface area (Å²) in [6, 6.07) is 0.329. The minimum absolute atomic E-state index is 0.146. The van der Waals surface area contributed by atoms with Crippen molar-refractivity contribution < 1.29 is 4.79 Å². The van der Waals surface area contributed by atoms with Crippen LogP contribution >= 0.6 is 0 Å².